The quantitative estimate of drug-likeness (QED) is 0.256. The van der Waals surface area contributed by atoms with Crippen molar-refractivity contribution in [3.05, 3.63) is 37.1 Å². The topological polar surface area (TPSA) is 160 Å². The Balaban J connectivity index is 1.30. The lowest BCUT2D eigenvalue weighted by atomic mass is 9.64. The van der Waals surface area contributed by atoms with E-state index in [-0.39, 0.29) is 30.1 Å². The molecule has 2 aromatic heterocycles. The number of carbonyl (C=O) groups excluding carboxylic acids is 4. The molecular formula is C41H59N5O9. The van der Waals surface area contributed by atoms with E-state index in [2.05, 4.69) is 15.3 Å². The van der Waals surface area contributed by atoms with E-state index in [1.807, 2.05) is 57.6 Å². The van der Waals surface area contributed by atoms with Gasteiger partial charge in [0.2, 0.25) is 0 Å². The fraction of sp³-hybridized carbons (Fsp3) is 0.707. The molecule has 0 radical (unpaired) electrons. The lowest BCUT2D eigenvalue weighted by Crippen LogP contribution is -2.72. The second-order valence-electron chi connectivity index (χ2n) is 16.5. The van der Waals surface area contributed by atoms with Crippen LogP contribution in [0.3, 0.4) is 0 Å². The van der Waals surface area contributed by atoms with Crippen molar-refractivity contribution in [1.82, 2.24) is 24.8 Å². The van der Waals surface area contributed by atoms with E-state index < -0.39 is 77.5 Å². The van der Waals surface area contributed by atoms with Crippen LogP contribution in [-0.4, -0.2) is 111 Å². The highest BCUT2D eigenvalue weighted by Gasteiger charge is 2.70. The lowest BCUT2D eigenvalue weighted by molar-refractivity contribution is -0.259. The summed E-state index contributed by atoms with van der Waals surface area (Å²) in [6, 6.07) is 2.89. The highest BCUT2D eigenvalue weighted by atomic mass is 16.7. The third kappa shape index (κ3) is 7.84. The second kappa shape index (κ2) is 16.4. The molecule has 0 spiro atoms. The fourth-order valence-electron chi connectivity index (χ4n) is 9.63. The maximum atomic E-state index is 14.9. The first-order valence-corrected chi connectivity index (χ1v) is 19.9. The summed E-state index contributed by atoms with van der Waals surface area (Å²) in [6.45, 7) is 13.2. The first kappa shape index (κ1) is 40.9. The molecule has 302 valence electrons. The number of aryl methyl sites for hydroxylation is 1. The SMILES string of the molecule is CC[C@H]1OC(=O)[C@H](C)C(=O)[C@H](C)[C@@H](O[C@H]2C[C@@H](NC)C[C@@H](C)O2)[C@](C)(OC)C[C@@H](C)C(=O)[C@@H]2C(CCCn3cnc(-c4cccnc4)c3)N3C(=O)O[C@@]1(C)C23. The number of hydrogen-bond acceptors (Lipinski definition) is 12. The Morgan fingerprint density at radius 1 is 1.07 bits per heavy atom. The highest BCUT2D eigenvalue weighted by Crippen LogP contribution is 2.52. The first-order valence-electron chi connectivity index (χ1n) is 19.9. The van der Waals surface area contributed by atoms with Crippen molar-refractivity contribution < 1.29 is 42.9 Å². The summed E-state index contributed by atoms with van der Waals surface area (Å²) in [5.74, 6) is -4.24. The molecule has 14 nitrogen and oxygen atoms in total. The Kier molecular flexibility index (Phi) is 12.2. The predicted octanol–water partition coefficient (Wildman–Crippen LogP) is 4.98. The monoisotopic (exact) mass is 765 g/mol. The van der Waals surface area contributed by atoms with Gasteiger partial charge in [0.25, 0.3) is 0 Å². The molecule has 4 fully saturated rings. The Labute approximate surface area is 324 Å². The number of nitrogens with one attached hydrogen (secondary N) is 1. The molecule has 0 aliphatic carbocycles. The average molecular weight is 766 g/mol. The van der Waals surface area contributed by atoms with Gasteiger partial charge in [0.05, 0.1) is 41.8 Å². The van der Waals surface area contributed by atoms with Crippen LogP contribution in [0.5, 0.6) is 0 Å². The Morgan fingerprint density at radius 3 is 2.51 bits per heavy atom. The van der Waals surface area contributed by atoms with Crippen LogP contribution < -0.4 is 5.32 Å². The standard InChI is InChI=1S/C41H59N5O9/c1-10-31-41(7)36-33(30(46(36)39(50)55-41)14-12-16-45-21-29(44-22-45)27-13-11-15-43-20-27)34(47)23(2)19-40(6,51-9)37(25(4)35(48)26(5)38(49)53-31)54-32-18-28(42-8)17-24(3)52-32/h11,13,15,20-26,28,30-33,36-37,42H,10,12,14,16-19H2,1-9H3/t23-,24-,25+,26-,28+,30?,31-,32+,33+,36?,37-,40-,41-/m1/s1. The van der Waals surface area contributed by atoms with Gasteiger partial charge in [-0.25, -0.2) is 9.78 Å². The maximum absolute atomic E-state index is 14.9. The van der Waals surface area contributed by atoms with E-state index in [0.717, 1.165) is 17.7 Å². The number of hydrogen-bond donors (Lipinski definition) is 1. The third-order valence-corrected chi connectivity index (χ3v) is 12.8. The maximum Gasteiger partial charge on any atom is 0.411 e. The molecule has 0 aromatic carbocycles. The second-order valence-corrected chi connectivity index (χ2v) is 16.5. The van der Waals surface area contributed by atoms with Crippen molar-refractivity contribution in [1.29, 1.82) is 0 Å². The molecule has 1 N–H and O–H groups in total. The molecule has 6 heterocycles. The van der Waals surface area contributed by atoms with Crippen molar-refractivity contribution in [3.8, 4) is 11.3 Å². The van der Waals surface area contributed by atoms with Gasteiger partial charge in [-0.1, -0.05) is 20.8 Å². The van der Waals surface area contributed by atoms with Crippen LogP contribution in [0.2, 0.25) is 0 Å². The van der Waals surface area contributed by atoms with E-state index in [9.17, 15) is 19.2 Å². The van der Waals surface area contributed by atoms with Crippen LogP contribution in [0, 0.1) is 23.7 Å². The van der Waals surface area contributed by atoms with Crippen molar-refractivity contribution >= 4 is 23.6 Å². The minimum atomic E-state index is -1.31. The van der Waals surface area contributed by atoms with Gasteiger partial charge >= 0.3 is 12.1 Å². The largest absolute Gasteiger partial charge is 0.458 e. The molecule has 4 aliphatic heterocycles. The number of esters is 1. The van der Waals surface area contributed by atoms with E-state index in [1.54, 1.807) is 51.5 Å². The number of amides is 1. The number of Topliss-reactive ketones (excluding diaryl/α,β-unsaturated/α-hetero) is 2. The summed E-state index contributed by atoms with van der Waals surface area (Å²) >= 11 is 0. The summed E-state index contributed by atoms with van der Waals surface area (Å²) in [6.07, 6.45) is 7.32. The van der Waals surface area contributed by atoms with Crippen LogP contribution in [0.1, 0.15) is 87.0 Å². The van der Waals surface area contributed by atoms with Crippen LogP contribution in [0.15, 0.2) is 37.1 Å². The van der Waals surface area contributed by atoms with E-state index in [1.165, 1.54) is 0 Å². The molecule has 0 bridgehead atoms. The fourth-order valence-corrected chi connectivity index (χ4v) is 9.63. The number of methoxy groups -OCH3 is 1. The van der Waals surface area contributed by atoms with Gasteiger partial charge in [-0.05, 0) is 79.0 Å². The Morgan fingerprint density at radius 2 is 1.84 bits per heavy atom. The van der Waals surface area contributed by atoms with Gasteiger partial charge in [-0.2, -0.15) is 0 Å². The minimum absolute atomic E-state index is 0.0392. The Hall–Kier alpha value is -3.72. The molecule has 1 amide bonds. The lowest BCUT2D eigenvalue weighted by Gasteiger charge is -2.54. The number of ketones is 2. The van der Waals surface area contributed by atoms with Crippen LogP contribution >= 0.6 is 0 Å². The smallest absolute Gasteiger partial charge is 0.411 e. The molecule has 14 heteroatoms. The van der Waals surface area contributed by atoms with E-state index in [0.29, 0.717) is 32.2 Å². The number of aromatic nitrogens is 3. The number of cyclic esters (lactones) is 1. The molecule has 6 rings (SSSR count). The van der Waals surface area contributed by atoms with E-state index >= 15 is 0 Å². The van der Waals surface area contributed by atoms with Gasteiger partial charge in [-0.15, -0.1) is 0 Å². The number of nitrogens with zero attached hydrogens (tertiary/aromatic N) is 4. The zero-order chi connectivity index (χ0) is 39.8. The molecule has 55 heavy (non-hydrogen) atoms. The van der Waals surface area contributed by atoms with Crippen molar-refractivity contribution in [2.75, 3.05) is 14.2 Å². The summed E-state index contributed by atoms with van der Waals surface area (Å²) < 4.78 is 33.4. The van der Waals surface area contributed by atoms with Gasteiger partial charge < -0.3 is 33.6 Å². The number of pyridine rings is 1. The summed E-state index contributed by atoms with van der Waals surface area (Å²) in [5.41, 5.74) is -0.722. The molecular weight excluding hydrogens is 706 g/mol. The normalized spacial score (nSPS) is 38.5. The van der Waals surface area contributed by atoms with Crippen molar-refractivity contribution in [2.24, 2.45) is 23.7 Å². The first-order chi connectivity index (χ1) is 26.1. The summed E-state index contributed by atoms with van der Waals surface area (Å²) in [7, 11) is 3.46. The average Bonchev–Trinajstić information content (AvgIpc) is 3.72. The molecule has 2 aromatic rings. The zero-order valence-corrected chi connectivity index (χ0v) is 33.7. The number of rotatable bonds is 10. The van der Waals surface area contributed by atoms with Crippen LogP contribution in [-0.2, 0) is 44.6 Å². The summed E-state index contributed by atoms with van der Waals surface area (Å²) in [4.78, 5) is 67.0. The molecule has 4 saturated heterocycles. The van der Waals surface area contributed by atoms with E-state index in [4.69, 9.17) is 23.7 Å². The van der Waals surface area contributed by atoms with Gasteiger partial charge in [0.1, 0.15) is 17.8 Å². The molecule has 4 aliphatic rings. The van der Waals surface area contributed by atoms with Crippen LogP contribution in [0.25, 0.3) is 11.3 Å². The highest BCUT2D eigenvalue weighted by molar-refractivity contribution is 6.00. The predicted molar refractivity (Wildman–Crippen MR) is 201 cm³/mol. The molecule has 13 atom stereocenters. The van der Waals surface area contributed by atoms with Crippen molar-refractivity contribution in [2.45, 2.75) is 147 Å². The van der Waals surface area contributed by atoms with Gasteiger partial charge in [-0.3, -0.25) is 24.3 Å². The minimum Gasteiger partial charge on any atom is -0.458 e. The molecule has 2 unspecified atom stereocenters. The van der Waals surface area contributed by atoms with Crippen LogP contribution in [0.4, 0.5) is 4.79 Å². The van der Waals surface area contributed by atoms with Gasteiger partial charge in [0.15, 0.2) is 17.7 Å². The number of carbonyl (C=O) groups is 4. The number of ether oxygens (including phenoxy) is 5. The Bertz CT molecular complexity index is 1710. The third-order valence-electron chi connectivity index (χ3n) is 12.8. The zero-order valence-electron chi connectivity index (χ0n) is 33.7. The number of imidazole rings is 1. The molecule has 0 saturated carbocycles. The van der Waals surface area contributed by atoms with Crippen molar-refractivity contribution in [3.63, 3.8) is 0 Å². The van der Waals surface area contributed by atoms with Gasteiger partial charge in [0, 0.05) is 68.1 Å². The summed E-state index contributed by atoms with van der Waals surface area (Å²) in [5, 5.41) is 3.32.